The molecule has 0 spiro atoms. The zero-order valence-electron chi connectivity index (χ0n) is 22.5. The molecule has 4 aromatic rings. The van der Waals surface area contributed by atoms with Crippen molar-refractivity contribution in [2.75, 3.05) is 18.1 Å². The summed E-state index contributed by atoms with van der Waals surface area (Å²) in [6, 6.07) is 5.09. The Labute approximate surface area is 229 Å². The number of aromatic nitrogens is 5. The number of nitrogens with zero attached hydrogens (tertiary/aromatic N) is 6. The van der Waals surface area contributed by atoms with E-state index in [0.717, 1.165) is 28.9 Å². The molecule has 40 heavy (non-hydrogen) atoms. The van der Waals surface area contributed by atoms with Crippen molar-refractivity contribution in [2.45, 2.75) is 64.0 Å². The Morgan fingerprint density at radius 3 is 2.65 bits per heavy atom. The lowest BCUT2D eigenvalue weighted by atomic mass is 10.0. The number of halogens is 5. The SMILES string of the molecule is C[Si](C)(C)CCOCn1nc(N2C[C@@H](F)C[C@@H]2c2cc(F)ccc2F)c2cc(-c3cnn(CC(F)F)c3)cnc21. The lowest BCUT2D eigenvalue weighted by molar-refractivity contribution is 0.0814. The number of rotatable bonds is 10. The van der Waals surface area contributed by atoms with Gasteiger partial charge in [-0.1, -0.05) is 19.6 Å². The van der Waals surface area contributed by atoms with Crippen molar-refractivity contribution in [3.8, 4) is 11.1 Å². The zero-order chi connectivity index (χ0) is 28.6. The molecular formula is C27H31F5N6OSi. The normalized spacial score (nSPS) is 18.0. The third-order valence-electron chi connectivity index (χ3n) is 6.91. The highest BCUT2D eigenvalue weighted by Crippen LogP contribution is 2.41. The fraction of sp³-hybridized carbons (Fsp3) is 0.444. The third kappa shape index (κ3) is 6.19. The standard InChI is InChI=1S/C27H31F5N6OSi/c1-40(2,3)7-6-39-16-38-26-22(8-17(11-33-26)18-12-34-36(13-18)15-25(31)32)27(35-38)37-14-20(29)10-24(37)21-9-19(28)4-5-23(21)30/h4-5,8-9,11-13,20,24-25H,6-7,10,14-16H2,1-3H3/t20-,24+/m0/s1. The number of hydrogen-bond acceptors (Lipinski definition) is 5. The molecule has 0 radical (unpaired) electrons. The molecule has 0 unspecified atom stereocenters. The van der Waals surface area contributed by atoms with Crippen LogP contribution in [0.2, 0.25) is 25.7 Å². The minimum absolute atomic E-state index is 0.0328. The average Bonchev–Trinajstić information content (AvgIpc) is 3.59. The van der Waals surface area contributed by atoms with Crippen molar-refractivity contribution in [3.63, 3.8) is 0 Å². The maximum atomic E-state index is 14.8. The molecule has 3 aromatic heterocycles. The first-order chi connectivity index (χ1) is 19.0. The lowest BCUT2D eigenvalue weighted by Crippen LogP contribution is -2.25. The van der Waals surface area contributed by atoms with Crippen molar-refractivity contribution in [2.24, 2.45) is 0 Å². The molecule has 0 aliphatic carbocycles. The van der Waals surface area contributed by atoms with E-state index in [2.05, 4.69) is 29.7 Å². The second kappa shape index (κ2) is 11.3. The lowest BCUT2D eigenvalue weighted by Gasteiger charge is -2.25. The van der Waals surface area contributed by atoms with Gasteiger partial charge in [0.05, 0.1) is 24.2 Å². The molecule has 0 amide bonds. The van der Waals surface area contributed by atoms with Crippen LogP contribution in [0.5, 0.6) is 0 Å². The van der Waals surface area contributed by atoms with Crippen LogP contribution in [-0.2, 0) is 18.0 Å². The first-order valence-corrected chi connectivity index (χ1v) is 16.8. The number of alkyl halides is 3. The monoisotopic (exact) mass is 578 g/mol. The van der Waals surface area contributed by atoms with Gasteiger partial charge < -0.3 is 9.64 Å². The average molecular weight is 579 g/mol. The van der Waals surface area contributed by atoms with Gasteiger partial charge in [0.25, 0.3) is 6.43 Å². The predicted octanol–water partition coefficient (Wildman–Crippen LogP) is 6.44. The number of fused-ring (bicyclic) bond motifs is 1. The number of hydrogen-bond donors (Lipinski definition) is 0. The number of ether oxygens (including phenoxy) is 1. The van der Waals surface area contributed by atoms with Crippen LogP contribution in [0.4, 0.5) is 27.8 Å². The van der Waals surface area contributed by atoms with Gasteiger partial charge in [0.2, 0.25) is 0 Å². The van der Waals surface area contributed by atoms with Gasteiger partial charge in [0, 0.05) is 50.2 Å². The highest BCUT2D eigenvalue weighted by molar-refractivity contribution is 6.76. The van der Waals surface area contributed by atoms with Gasteiger partial charge in [-0.05, 0) is 30.3 Å². The maximum absolute atomic E-state index is 14.8. The summed E-state index contributed by atoms with van der Waals surface area (Å²) in [5.41, 5.74) is 1.68. The summed E-state index contributed by atoms with van der Waals surface area (Å²) in [7, 11) is -1.32. The van der Waals surface area contributed by atoms with Crippen molar-refractivity contribution in [1.82, 2.24) is 24.5 Å². The summed E-state index contributed by atoms with van der Waals surface area (Å²) in [5.74, 6) is -0.893. The number of pyridine rings is 1. The van der Waals surface area contributed by atoms with E-state index in [-0.39, 0.29) is 25.3 Å². The van der Waals surface area contributed by atoms with E-state index in [9.17, 15) is 22.0 Å². The van der Waals surface area contributed by atoms with Crippen LogP contribution in [0.1, 0.15) is 18.0 Å². The van der Waals surface area contributed by atoms with Crippen LogP contribution in [-0.4, -0.2) is 58.4 Å². The van der Waals surface area contributed by atoms with Gasteiger partial charge in [-0.25, -0.2) is 31.6 Å². The quantitative estimate of drug-likeness (QED) is 0.123. The smallest absolute Gasteiger partial charge is 0.257 e. The molecule has 7 nitrogen and oxygen atoms in total. The van der Waals surface area contributed by atoms with E-state index in [1.54, 1.807) is 21.8 Å². The highest BCUT2D eigenvalue weighted by Gasteiger charge is 2.37. The van der Waals surface area contributed by atoms with Crippen LogP contribution in [0, 0.1) is 11.6 Å². The number of benzene rings is 1. The van der Waals surface area contributed by atoms with E-state index in [4.69, 9.17) is 9.84 Å². The van der Waals surface area contributed by atoms with Crippen molar-refractivity contribution < 1.29 is 26.7 Å². The Kier molecular flexibility index (Phi) is 7.95. The van der Waals surface area contributed by atoms with Gasteiger partial charge in [-0.2, -0.15) is 10.2 Å². The van der Waals surface area contributed by atoms with Crippen LogP contribution in [0.3, 0.4) is 0 Å². The molecule has 0 N–H and O–H groups in total. The fourth-order valence-electron chi connectivity index (χ4n) is 4.87. The van der Waals surface area contributed by atoms with E-state index in [0.29, 0.717) is 34.6 Å². The van der Waals surface area contributed by atoms with Crippen LogP contribution in [0.25, 0.3) is 22.2 Å². The van der Waals surface area contributed by atoms with Crippen molar-refractivity contribution >= 4 is 24.9 Å². The Morgan fingerprint density at radius 2 is 1.90 bits per heavy atom. The Hall–Kier alpha value is -3.32. The second-order valence-corrected chi connectivity index (χ2v) is 16.9. The molecule has 2 atom stereocenters. The zero-order valence-corrected chi connectivity index (χ0v) is 23.5. The minimum atomic E-state index is -2.55. The molecule has 13 heteroatoms. The molecule has 1 aliphatic rings. The molecule has 214 valence electrons. The van der Waals surface area contributed by atoms with Crippen molar-refractivity contribution in [3.05, 3.63) is 60.1 Å². The van der Waals surface area contributed by atoms with Gasteiger partial charge in [0.1, 0.15) is 31.1 Å². The van der Waals surface area contributed by atoms with Crippen LogP contribution >= 0.6 is 0 Å². The summed E-state index contributed by atoms with van der Waals surface area (Å²) in [4.78, 5) is 6.22. The maximum Gasteiger partial charge on any atom is 0.257 e. The summed E-state index contributed by atoms with van der Waals surface area (Å²) < 4.78 is 78.1. The molecule has 1 fully saturated rings. The topological polar surface area (TPSA) is 61.0 Å². The Morgan fingerprint density at radius 1 is 1.10 bits per heavy atom. The molecule has 1 aliphatic heterocycles. The predicted molar refractivity (Wildman–Crippen MR) is 145 cm³/mol. The van der Waals surface area contributed by atoms with E-state index in [1.807, 2.05) is 0 Å². The molecular weight excluding hydrogens is 547 g/mol. The summed E-state index contributed by atoms with van der Waals surface area (Å²) in [6.45, 7) is 6.77. The molecule has 1 saturated heterocycles. The number of anilines is 1. The van der Waals surface area contributed by atoms with Gasteiger partial charge in [-0.3, -0.25) is 4.68 Å². The van der Waals surface area contributed by atoms with Gasteiger partial charge >= 0.3 is 0 Å². The molecule has 0 bridgehead atoms. The van der Waals surface area contributed by atoms with Gasteiger partial charge in [0.15, 0.2) is 11.5 Å². The van der Waals surface area contributed by atoms with Crippen LogP contribution in [0.15, 0.2) is 42.9 Å². The first-order valence-electron chi connectivity index (χ1n) is 13.1. The molecule has 5 rings (SSSR count). The van der Waals surface area contributed by atoms with Crippen molar-refractivity contribution in [1.29, 1.82) is 0 Å². The van der Waals surface area contributed by atoms with E-state index >= 15 is 0 Å². The summed E-state index contributed by atoms with van der Waals surface area (Å²) in [5, 5.41) is 9.26. The fourth-order valence-corrected chi connectivity index (χ4v) is 5.63. The largest absolute Gasteiger partial charge is 0.359 e. The summed E-state index contributed by atoms with van der Waals surface area (Å²) >= 11 is 0. The Balaban J connectivity index is 1.55. The second-order valence-electron chi connectivity index (χ2n) is 11.3. The van der Waals surface area contributed by atoms with E-state index in [1.165, 1.54) is 12.4 Å². The molecule has 0 saturated carbocycles. The highest BCUT2D eigenvalue weighted by atomic mass is 28.3. The summed E-state index contributed by atoms with van der Waals surface area (Å²) in [6.07, 6.45) is 0.675. The third-order valence-corrected chi connectivity index (χ3v) is 8.61. The molecule has 1 aromatic carbocycles. The van der Waals surface area contributed by atoms with Crippen LogP contribution < -0.4 is 4.90 Å². The Bertz CT molecular complexity index is 1490. The first kappa shape index (κ1) is 28.2. The van der Waals surface area contributed by atoms with E-state index < -0.39 is 44.9 Å². The van der Waals surface area contributed by atoms with Gasteiger partial charge in [-0.15, -0.1) is 0 Å². The minimum Gasteiger partial charge on any atom is -0.359 e. The molecule has 4 heterocycles.